The van der Waals surface area contributed by atoms with E-state index in [2.05, 4.69) is 37.1 Å². The van der Waals surface area contributed by atoms with Crippen LogP contribution in [0.4, 0.5) is 0 Å². The van der Waals surface area contributed by atoms with Gasteiger partial charge in [0.1, 0.15) is 5.75 Å². The van der Waals surface area contributed by atoms with E-state index in [0.29, 0.717) is 16.7 Å². The zero-order valence-electron chi connectivity index (χ0n) is 16.9. The van der Waals surface area contributed by atoms with E-state index in [1.807, 2.05) is 36.4 Å². The Kier molecular flexibility index (Phi) is 5.80. The highest BCUT2D eigenvalue weighted by Crippen LogP contribution is 2.37. The van der Waals surface area contributed by atoms with Gasteiger partial charge in [-0.3, -0.25) is 4.79 Å². The topological polar surface area (TPSA) is 51.2 Å². The minimum atomic E-state index is -0.178. The molecular weight excluding hydrogens is 372 g/mol. The standard InChI is InChI=1S/C23H27ClN2O2/c1-5-22(3,4)18-7-8-20(19(24)14-18)28-21-9-6-17(15-25-21)10-11-23(12-13-23)26-16(2)27/h6-11,14-15H,5,12-13H2,1-4H3,(H,26,27)/b11-10+. The fraction of sp³-hybridized carbons (Fsp3) is 0.391. The normalized spacial score (nSPS) is 15.5. The van der Waals surface area contributed by atoms with Crippen LogP contribution in [0.15, 0.2) is 42.6 Å². The van der Waals surface area contributed by atoms with Gasteiger partial charge in [0.2, 0.25) is 11.8 Å². The summed E-state index contributed by atoms with van der Waals surface area (Å²) in [6.07, 6.45) is 8.74. The van der Waals surface area contributed by atoms with Crippen LogP contribution in [0.3, 0.4) is 0 Å². The van der Waals surface area contributed by atoms with Crippen molar-refractivity contribution in [2.24, 2.45) is 0 Å². The summed E-state index contributed by atoms with van der Waals surface area (Å²) in [6, 6.07) is 9.67. The Labute approximate surface area is 172 Å². The van der Waals surface area contributed by atoms with E-state index in [9.17, 15) is 4.79 Å². The number of nitrogens with one attached hydrogen (secondary N) is 1. The number of hydrogen-bond acceptors (Lipinski definition) is 3. The fourth-order valence-corrected chi connectivity index (χ4v) is 3.17. The van der Waals surface area contributed by atoms with Crippen LogP contribution >= 0.6 is 11.6 Å². The molecule has 1 aliphatic rings. The molecule has 0 atom stereocenters. The average molecular weight is 399 g/mol. The number of hydrogen-bond donors (Lipinski definition) is 1. The molecule has 0 saturated heterocycles. The van der Waals surface area contributed by atoms with Gasteiger partial charge in [-0.2, -0.15) is 0 Å². The number of ether oxygens (including phenoxy) is 1. The molecule has 0 spiro atoms. The van der Waals surface area contributed by atoms with Crippen LogP contribution in [0.25, 0.3) is 6.08 Å². The van der Waals surface area contributed by atoms with Gasteiger partial charge in [0.25, 0.3) is 0 Å². The van der Waals surface area contributed by atoms with E-state index in [1.54, 1.807) is 13.1 Å². The van der Waals surface area contributed by atoms with E-state index in [0.717, 1.165) is 24.8 Å². The highest BCUT2D eigenvalue weighted by Gasteiger charge is 2.40. The third kappa shape index (κ3) is 4.93. The second-order valence-corrected chi connectivity index (χ2v) is 8.49. The summed E-state index contributed by atoms with van der Waals surface area (Å²) < 4.78 is 5.85. The van der Waals surface area contributed by atoms with Gasteiger partial charge in [0.15, 0.2) is 0 Å². The molecule has 0 aliphatic heterocycles. The Balaban J connectivity index is 1.67. The maximum absolute atomic E-state index is 11.3. The van der Waals surface area contributed by atoms with E-state index in [-0.39, 0.29) is 16.9 Å². The Morgan fingerprint density at radius 1 is 1.32 bits per heavy atom. The number of halogens is 1. The van der Waals surface area contributed by atoms with Crippen molar-refractivity contribution >= 4 is 23.6 Å². The first-order chi connectivity index (χ1) is 13.2. The molecule has 3 rings (SSSR count). The van der Waals surface area contributed by atoms with Gasteiger partial charge in [-0.1, -0.05) is 50.6 Å². The Morgan fingerprint density at radius 2 is 2.07 bits per heavy atom. The number of aromatic nitrogens is 1. The van der Waals surface area contributed by atoms with Crippen molar-refractivity contribution < 1.29 is 9.53 Å². The maximum Gasteiger partial charge on any atom is 0.219 e. The van der Waals surface area contributed by atoms with Gasteiger partial charge in [-0.05, 0) is 54.0 Å². The summed E-state index contributed by atoms with van der Waals surface area (Å²) in [4.78, 5) is 15.6. The lowest BCUT2D eigenvalue weighted by molar-refractivity contribution is -0.119. The number of benzene rings is 1. The first kappa shape index (κ1) is 20.4. The Hall–Kier alpha value is -2.33. The largest absolute Gasteiger partial charge is 0.437 e. The predicted octanol–water partition coefficient (Wildman–Crippen LogP) is 5.90. The minimum Gasteiger partial charge on any atom is -0.437 e. The summed E-state index contributed by atoms with van der Waals surface area (Å²) in [7, 11) is 0. The number of nitrogens with zero attached hydrogens (tertiary/aromatic N) is 1. The number of pyridine rings is 1. The first-order valence-electron chi connectivity index (χ1n) is 9.65. The van der Waals surface area contributed by atoms with Gasteiger partial charge in [0.05, 0.1) is 10.6 Å². The molecule has 1 amide bonds. The molecule has 1 fully saturated rings. The molecule has 1 aromatic carbocycles. The lowest BCUT2D eigenvalue weighted by Gasteiger charge is -2.23. The fourth-order valence-electron chi connectivity index (χ4n) is 2.95. The number of amides is 1. The van der Waals surface area contributed by atoms with E-state index in [4.69, 9.17) is 16.3 Å². The van der Waals surface area contributed by atoms with Crippen LogP contribution in [0.5, 0.6) is 11.6 Å². The van der Waals surface area contributed by atoms with Crippen molar-refractivity contribution in [3.8, 4) is 11.6 Å². The molecule has 0 radical (unpaired) electrons. The van der Waals surface area contributed by atoms with Crippen LogP contribution in [0, 0.1) is 0 Å². The van der Waals surface area contributed by atoms with Crippen molar-refractivity contribution in [3.05, 3.63) is 58.8 Å². The highest BCUT2D eigenvalue weighted by atomic mass is 35.5. The van der Waals surface area contributed by atoms with Crippen LogP contribution < -0.4 is 10.1 Å². The summed E-state index contributed by atoms with van der Waals surface area (Å²) in [5, 5.41) is 3.56. The predicted molar refractivity (Wildman–Crippen MR) is 114 cm³/mol. The second-order valence-electron chi connectivity index (χ2n) is 8.09. The highest BCUT2D eigenvalue weighted by molar-refractivity contribution is 6.32. The van der Waals surface area contributed by atoms with Gasteiger partial charge < -0.3 is 10.1 Å². The second kappa shape index (κ2) is 7.96. The van der Waals surface area contributed by atoms with Gasteiger partial charge in [-0.25, -0.2) is 4.98 Å². The van der Waals surface area contributed by atoms with Crippen molar-refractivity contribution in [3.63, 3.8) is 0 Å². The third-order valence-corrected chi connectivity index (χ3v) is 5.67. The van der Waals surface area contributed by atoms with Gasteiger partial charge in [0, 0.05) is 19.2 Å². The number of rotatable bonds is 7. The van der Waals surface area contributed by atoms with Gasteiger partial charge >= 0.3 is 0 Å². The molecule has 0 unspecified atom stereocenters. The maximum atomic E-state index is 11.3. The molecule has 0 bridgehead atoms. The quantitative estimate of drug-likeness (QED) is 0.631. The average Bonchev–Trinajstić information content (AvgIpc) is 3.41. The Bertz CT molecular complexity index is 884. The lowest BCUT2D eigenvalue weighted by Crippen LogP contribution is -2.33. The third-order valence-electron chi connectivity index (χ3n) is 5.38. The molecule has 5 heteroatoms. The van der Waals surface area contributed by atoms with E-state index >= 15 is 0 Å². The smallest absolute Gasteiger partial charge is 0.219 e. The van der Waals surface area contributed by atoms with Crippen LogP contribution in [-0.4, -0.2) is 16.4 Å². The molecule has 1 N–H and O–H groups in total. The Morgan fingerprint density at radius 3 is 2.61 bits per heavy atom. The lowest BCUT2D eigenvalue weighted by atomic mass is 9.82. The summed E-state index contributed by atoms with van der Waals surface area (Å²) in [5.74, 6) is 1.08. The van der Waals surface area contributed by atoms with Crippen molar-refractivity contribution in [2.75, 3.05) is 0 Å². The van der Waals surface area contributed by atoms with Gasteiger partial charge in [-0.15, -0.1) is 0 Å². The molecule has 1 heterocycles. The van der Waals surface area contributed by atoms with Crippen LogP contribution in [-0.2, 0) is 10.2 Å². The molecule has 28 heavy (non-hydrogen) atoms. The minimum absolute atomic E-state index is 0.00533. The van der Waals surface area contributed by atoms with Crippen molar-refractivity contribution in [1.29, 1.82) is 0 Å². The summed E-state index contributed by atoms with van der Waals surface area (Å²) >= 11 is 6.42. The number of carbonyl (C=O) groups excluding carboxylic acids is 1. The summed E-state index contributed by atoms with van der Waals surface area (Å²) in [5.41, 5.74) is 2.04. The van der Waals surface area contributed by atoms with Crippen molar-refractivity contribution in [2.45, 2.75) is 57.9 Å². The van der Waals surface area contributed by atoms with E-state index < -0.39 is 0 Å². The van der Waals surface area contributed by atoms with E-state index in [1.165, 1.54) is 5.56 Å². The molecule has 1 saturated carbocycles. The number of carbonyl (C=O) groups is 1. The van der Waals surface area contributed by atoms with Crippen LogP contribution in [0.2, 0.25) is 5.02 Å². The molecular formula is C23H27ClN2O2. The molecule has 148 valence electrons. The van der Waals surface area contributed by atoms with Crippen molar-refractivity contribution in [1.82, 2.24) is 10.3 Å². The molecule has 1 aromatic heterocycles. The molecule has 2 aromatic rings. The SMILES string of the molecule is CCC(C)(C)c1ccc(Oc2ccc(/C=C/C3(NC(C)=O)CC3)cn2)c(Cl)c1. The molecule has 4 nitrogen and oxygen atoms in total. The first-order valence-corrected chi connectivity index (χ1v) is 10.0. The van der Waals surface area contributed by atoms with Crippen LogP contribution in [0.1, 0.15) is 58.1 Å². The monoisotopic (exact) mass is 398 g/mol. The zero-order chi connectivity index (χ0) is 20.4. The molecule has 1 aliphatic carbocycles. The summed E-state index contributed by atoms with van der Waals surface area (Å²) in [6.45, 7) is 8.11. The zero-order valence-corrected chi connectivity index (χ0v) is 17.6.